The number of carbonyl (C=O) groups excluding carboxylic acids is 2. The van der Waals surface area contributed by atoms with E-state index in [0.717, 1.165) is 0 Å². The van der Waals surface area contributed by atoms with E-state index in [4.69, 9.17) is 14.9 Å². The number of anilines is 2. The summed E-state index contributed by atoms with van der Waals surface area (Å²) >= 11 is 0. The molecule has 0 radical (unpaired) electrons. The molecule has 0 saturated carbocycles. The number of carbonyl (C=O) groups is 2. The molecule has 0 saturated heterocycles. The Morgan fingerprint density at radius 3 is 1.92 bits per heavy atom. The van der Waals surface area contributed by atoms with Crippen molar-refractivity contribution in [1.82, 2.24) is 0 Å². The van der Waals surface area contributed by atoms with Crippen molar-refractivity contribution in [2.45, 2.75) is 13.3 Å². The lowest BCUT2D eigenvalue weighted by atomic mass is 10.2. The summed E-state index contributed by atoms with van der Waals surface area (Å²) < 4.78 is 9.98. The monoisotopic (exact) mass is 340 g/mol. The van der Waals surface area contributed by atoms with Crippen LogP contribution in [0, 0.1) is 5.41 Å². The number of para-hydroxylation sites is 2. The first-order valence-electron chi connectivity index (χ1n) is 7.90. The molecule has 0 aliphatic rings. The van der Waals surface area contributed by atoms with Crippen molar-refractivity contribution in [3.05, 3.63) is 60.7 Å². The molecular weight excluding hydrogens is 320 g/mol. The van der Waals surface area contributed by atoms with Crippen LogP contribution in [0.15, 0.2) is 60.7 Å². The third-order valence-electron chi connectivity index (χ3n) is 3.24. The maximum absolute atomic E-state index is 12.6. The molecule has 2 rings (SSSR count). The maximum atomic E-state index is 12.6. The zero-order valence-corrected chi connectivity index (χ0v) is 14.0. The minimum absolute atomic E-state index is 0.0205. The fourth-order valence-electron chi connectivity index (χ4n) is 2.16. The van der Waals surface area contributed by atoms with Crippen molar-refractivity contribution >= 4 is 29.1 Å². The van der Waals surface area contributed by atoms with E-state index in [9.17, 15) is 9.59 Å². The highest BCUT2D eigenvalue weighted by Gasteiger charge is 2.20. The number of amides is 1. The molecule has 130 valence electrons. The lowest BCUT2D eigenvalue weighted by Gasteiger charge is -2.22. The van der Waals surface area contributed by atoms with Gasteiger partial charge in [-0.1, -0.05) is 36.4 Å². The molecular formula is C19H20N2O4. The van der Waals surface area contributed by atoms with Crippen LogP contribution in [0.3, 0.4) is 0 Å². The largest absolute Gasteiger partial charge is 0.466 e. The molecule has 0 aliphatic heterocycles. The Bertz CT molecular complexity index is 677. The molecule has 0 aliphatic carbocycles. The Hall–Kier alpha value is -3.15. The number of rotatable bonds is 7. The summed E-state index contributed by atoms with van der Waals surface area (Å²) in [5.41, 5.74) is 1.28. The summed E-state index contributed by atoms with van der Waals surface area (Å²) in [5.74, 6) is -0.508. The number of nitrogens with one attached hydrogen (secondary N) is 1. The minimum Gasteiger partial charge on any atom is -0.466 e. The van der Waals surface area contributed by atoms with Crippen LogP contribution < -0.4 is 4.90 Å². The molecule has 0 heterocycles. The summed E-state index contributed by atoms with van der Waals surface area (Å²) in [7, 11) is 0. The second-order valence-corrected chi connectivity index (χ2v) is 5.15. The van der Waals surface area contributed by atoms with Crippen molar-refractivity contribution in [2.24, 2.45) is 0 Å². The van der Waals surface area contributed by atoms with Crippen LogP contribution in [0.2, 0.25) is 0 Å². The van der Waals surface area contributed by atoms with Crippen LogP contribution in [0.5, 0.6) is 0 Å². The van der Waals surface area contributed by atoms with Gasteiger partial charge in [0.05, 0.1) is 30.1 Å². The van der Waals surface area contributed by atoms with Crippen LogP contribution >= 0.6 is 0 Å². The van der Waals surface area contributed by atoms with E-state index in [1.807, 2.05) is 36.4 Å². The molecule has 6 nitrogen and oxygen atoms in total. The summed E-state index contributed by atoms with van der Waals surface area (Å²) in [4.78, 5) is 25.3. The zero-order valence-electron chi connectivity index (χ0n) is 14.0. The van der Waals surface area contributed by atoms with Gasteiger partial charge < -0.3 is 14.9 Å². The zero-order chi connectivity index (χ0) is 18.1. The molecule has 0 spiro atoms. The molecule has 6 heteroatoms. The second-order valence-electron chi connectivity index (χ2n) is 5.15. The van der Waals surface area contributed by atoms with E-state index in [1.165, 1.54) is 4.90 Å². The Morgan fingerprint density at radius 1 is 0.920 bits per heavy atom. The van der Waals surface area contributed by atoms with Gasteiger partial charge in [-0.05, 0) is 31.2 Å². The molecule has 2 aromatic carbocycles. The molecule has 25 heavy (non-hydrogen) atoms. The Morgan fingerprint density at radius 2 is 1.44 bits per heavy atom. The first-order chi connectivity index (χ1) is 12.1. The summed E-state index contributed by atoms with van der Waals surface area (Å²) in [5, 5.41) is 7.74. The van der Waals surface area contributed by atoms with Gasteiger partial charge in [-0.15, -0.1) is 0 Å². The Kier molecular flexibility index (Phi) is 6.71. The molecule has 0 aromatic heterocycles. The predicted molar refractivity (Wildman–Crippen MR) is 95.3 cm³/mol. The van der Waals surface area contributed by atoms with E-state index >= 15 is 0 Å². The van der Waals surface area contributed by atoms with Crippen LogP contribution in [0.25, 0.3) is 0 Å². The Labute approximate surface area is 146 Å². The van der Waals surface area contributed by atoms with E-state index in [2.05, 4.69) is 0 Å². The highest BCUT2D eigenvalue weighted by Crippen LogP contribution is 2.25. The van der Waals surface area contributed by atoms with Crippen molar-refractivity contribution in [2.75, 3.05) is 18.1 Å². The standard InChI is InChI=1S/C19H20N2O4/c1-2-24-18(22)13-15(20)14-25-19(23)21(16-9-5-3-6-10-16)17-11-7-4-8-12-17/h3-12,20H,2,13-14H2,1H3. The average Bonchev–Trinajstić information content (AvgIpc) is 2.62. The Balaban J connectivity index is 2.07. The summed E-state index contributed by atoms with van der Waals surface area (Å²) in [6.07, 6.45) is -0.816. The van der Waals surface area contributed by atoms with Gasteiger partial charge in [-0.2, -0.15) is 0 Å². The maximum Gasteiger partial charge on any atom is 0.419 e. The number of hydrogen-bond acceptors (Lipinski definition) is 5. The van der Waals surface area contributed by atoms with Gasteiger partial charge in [0.1, 0.15) is 6.61 Å². The molecule has 1 amide bonds. The van der Waals surface area contributed by atoms with Crippen LogP contribution in [-0.2, 0) is 14.3 Å². The van der Waals surface area contributed by atoms with Crippen LogP contribution in [0.1, 0.15) is 13.3 Å². The normalized spacial score (nSPS) is 9.96. The van der Waals surface area contributed by atoms with Gasteiger partial charge in [0.25, 0.3) is 0 Å². The highest BCUT2D eigenvalue weighted by atomic mass is 16.6. The third kappa shape index (κ3) is 5.46. The molecule has 0 unspecified atom stereocenters. The van der Waals surface area contributed by atoms with Gasteiger partial charge >= 0.3 is 12.1 Å². The van der Waals surface area contributed by atoms with Crippen molar-refractivity contribution in [3.63, 3.8) is 0 Å². The number of hydrogen-bond donors (Lipinski definition) is 1. The smallest absolute Gasteiger partial charge is 0.419 e. The van der Waals surface area contributed by atoms with Crippen LogP contribution in [-0.4, -0.2) is 31.0 Å². The van der Waals surface area contributed by atoms with Gasteiger partial charge in [-0.25, -0.2) is 9.69 Å². The number of nitrogens with zero attached hydrogens (tertiary/aromatic N) is 1. The third-order valence-corrected chi connectivity index (χ3v) is 3.24. The molecule has 1 N–H and O–H groups in total. The van der Waals surface area contributed by atoms with Crippen molar-refractivity contribution in [1.29, 1.82) is 5.41 Å². The molecule has 0 bridgehead atoms. The minimum atomic E-state index is -0.619. The number of benzene rings is 2. The van der Waals surface area contributed by atoms with Gasteiger partial charge in [0.15, 0.2) is 0 Å². The topological polar surface area (TPSA) is 79.7 Å². The SMILES string of the molecule is CCOC(=O)CC(=N)COC(=O)N(c1ccccc1)c1ccccc1. The molecule has 0 atom stereocenters. The van der Waals surface area contributed by atoms with Gasteiger partial charge in [0, 0.05) is 0 Å². The number of esters is 1. The first kappa shape index (κ1) is 18.2. The quantitative estimate of drug-likeness (QED) is 0.612. The van der Waals surface area contributed by atoms with E-state index in [1.54, 1.807) is 31.2 Å². The fraction of sp³-hybridized carbons (Fsp3) is 0.211. The van der Waals surface area contributed by atoms with E-state index in [-0.39, 0.29) is 25.3 Å². The van der Waals surface area contributed by atoms with Crippen molar-refractivity contribution < 1.29 is 19.1 Å². The van der Waals surface area contributed by atoms with Crippen molar-refractivity contribution in [3.8, 4) is 0 Å². The fourth-order valence-corrected chi connectivity index (χ4v) is 2.16. The summed E-state index contributed by atoms with van der Waals surface area (Å²) in [6, 6.07) is 18.2. The first-order valence-corrected chi connectivity index (χ1v) is 7.90. The van der Waals surface area contributed by atoms with Gasteiger partial charge in [-0.3, -0.25) is 4.79 Å². The van der Waals surface area contributed by atoms with Gasteiger partial charge in [0.2, 0.25) is 0 Å². The molecule has 0 fully saturated rings. The highest BCUT2D eigenvalue weighted by molar-refractivity contribution is 6.00. The second kappa shape index (κ2) is 9.22. The van der Waals surface area contributed by atoms with E-state index in [0.29, 0.717) is 11.4 Å². The summed E-state index contributed by atoms with van der Waals surface area (Å²) in [6.45, 7) is 1.68. The number of ether oxygens (including phenoxy) is 2. The lowest BCUT2D eigenvalue weighted by Crippen LogP contribution is -2.29. The van der Waals surface area contributed by atoms with E-state index < -0.39 is 12.1 Å². The lowest BCUT2D eigenvalue weighted by molar-refractivity contribution is -0.141. The van der Waals surface area contributed by atoms with Crippen LogP contribution in [0.4, 0.5) is 16.2 Å². The average molecular weight is 340 g/mol. The molecule has 2 aromatic rings. The predicted octanol–water partition coefficient (Wildman–Crippen LogP) is 3.93.